The summed E-state index contributed by atoms with van der Waals surface area (Å²) in [5.41, 5.74) is 8.59. The van der Waals surface area contributed by atoms with Gasteiger partial charge in [0.1, 0.15) is 7.85 Å². The van der Waals surface area contributed by atoms with Crippen LogP contribution in [0, 0.1) is 0 Å². The van der Waals surface area contributed by atoms with Crippen LogP contribution in [0.15, 0.2) is 78.4 Å². The van der Waals surface area contributed by atoms with Crippen LogP contribution in [0.3, 0.4) is 0 Å². The second kappa shape index (κ2) is 6.64. The van der Waals surface area contributed by atoms with Gasteiger partial charge in [0.05, 0.1) is 11.6 Å². The van der Waals surface area contributed by atoms with Crippen molar-refractivity contribution in [1.29, 1.82) is 0 Å². The predicted octanol–water partition coefficient (Wildman–Crippen LogP) is 6.18. The Morgan fingerprint density at radius 1 is 0.897 bits per heavy atom. The molecule has 2 nitrogen and oxygen atoms in total. The maximum atomic E-state index is 6.76. The summed E-state index contributed by atoms with van der Waals surface area (Å²) in [7, 11) is 8.89. The highest BCUT2D eigenvalue weighted by Crippen LogP contribution is 2.48. The van der Waals surface area contributed by atoms with E-state index in [0.29, 0.717) is 0 Å². The van der Waals surface area contributed by atoms with Crippen LogP contribution in [0.4, 0.5) is 11.4 Å². The number of hydrogen-bond donors (Lipinski definition) is 0. The van der Waals surface area contributed by atoms with Gasteiger partial charge in [0.2, 0.25) is 0 Å². The van der Waals surface area contributed by atoms with E-state index in [4.69, 9.17) is 12.6 Å². The first kappa shape index (κ1) is 18.3. The molecule has 0 saturated carbocycles. The summed E-state index contributed by atoms with van der Waals surface area (Å²) in [6.07, 6.45) is 3.09. The highest BCUT2D eigenvalue weighted by atomic mass is 16.5. The van der Waals surface area contributed by atoms with Gasteiger partial charge in [-0.1, -0.05) is 60.2 Å². The molecule has 0 N–H and O–H groups in total. The van der Waals surface area contributed by atoms with Gasteiger partial charge >= 0.3 is 0 Å². The zero-order valence-corrected chi connectivity index (χ0v) is 17.1. The van der Waals surface area contributed by atoms with E-state index in [2.05, 4.69) is 98.6 Å². The average molecular weight is 377 g/mol. The zero-order chi connectivity index (χ0) is 20.2. The van der Waals surface area contributed by atoms with Gasteiger partial charge in [0, 0.05) is 29.5 Å². The summed E-state index contributed by atoms with van der Waals surface area (Å²) in [5, 5.41) is 0. The molecule has 2 atom stereocenters. The summed E-state index contributed by atoms with van der Waals surface area (Å²) < 4.78 is 6.22. The van der Waals surface area contributed by atoms with Crippen molar-refractivity contribution in [2.75, 3.05) is 11.9 Å². The Morgan fingerprint density at radius 3 is 2.24 bits per heavy atom. The molecule has 29 heavy (non-hydrogen) atoms. The van der Waals surface area contributed by atoms with E-state index in [1.54, 1.807) is 0 Å². The van der Waals surface area contributed by atoms with Crippen molar-refractivity contribution in [2.45, 2.75) is 31.9 Å². The molecular formula is C26H24BNO. The third-order valence-electron chi connectivity index (χ3n) is 6.05. The van der Waals surface area contributed by atoms with E-state index in [9.17, 15) is 0 Å². The molecule has 0 spiro atoms. The van der Waals surface area contributed by atoms with Crippen molar-refractivity contribution in [2.24, 2.45) is 0 Å². The Hall–Kier alpha value is -2.78. The molecule has 3 aromatic carbocycles. The summed E-state index contributed by atoms with van der Waals surface area (Å²) in [6, 6.07) is 23.7. The summed E-state index contributed by atoms with van der Waals surface area (Å²) in [5.74, 6) is 0. The van der Waals surface area contributed by atoms with Gasteiger partial charge in [-0.15, -0.1) is 0 Å². The normalized spacial score (nSPS) is 22.8. The number of nitrogens with zero attached hydrogens (tertiary/aromatic N) is 1. The molecule has 0 aromatic heterocycles. The monoisotopic (exact) mass is 377 g/mol. The van der Waals surface area contributed by atoms with Gasteiger partial charge in [-0.3, -0.25) is 0 Å². The van der Waals surface area contributed by atoms with Crippen LogP contribution in [0.1, 0.15) is 25.8 Å². The Bertz CT molecular complexity index is 1140. The average Bonchev–Trinajstić information content (AvgIpc) is 2.81. The smallest absolute Gasteiger partial charge is 0.126 e. The van der Waals surface area contributed by atoms with Crippen molar-refractivity contribution in [3.05, 3.63) is 83.9 Å². The number of fused-ring (bicyclic) bond motifs is 5. The Labute approximate surface area is 174 Å². The molecule has 0 bridgehead atoms. The van der Waals surface area contributed by atoms with Crippen molar-refractivity contribution < 1.29 is 4.74 Å². The molecule has 0 fully saturated rings. The Morgan fingerprint density at radius 2 is 1.52 bits per heavy atom. The molecule has 2 radical (unpaired) electrons. The van der Waals surface area contributed by atoms with Crippen LogP contribution in [0.5, 0.6) is 0 Å². The maximum absolute atomic E-state index is 6.76. The standard InChI is InChI=1S/C26H24BNO/c1-17-14-18(2)29-26(27,16-17)19-12-13-25-23(15-19)21-9-5-4-8-20(21)22-10-6-7-11-24(22)28(25)3/h4-13,15-16,18H,14H2,1-3H3. The number of para-hydroxylation sites is 1. The van der Waals surface area contributed by atoms with Gasteiger partial charge < -0.3 is 9.64 Å². The Balaban J connectivity index is 1.75. The van der Waals surface area contributed by atoms with Crippen LogP contribution in [-0.4, -0.2) is 21.0 Å². The van der Waals surface area contributed by atoms with Crippen molar-refractivity contribution in [3.8, 4) is 22.3 Å². The molecule has 0 aliphatic carbocycles. The topological polar surface area (TPSA) is 12.5 Å². The quantitative estimate of drug-likeness (QED) is 0.371. The first-order valence-corrected chi connectivity index (χ1v) is 10.2. The van der Waals surface area contributed by atoms with Crippen molar-refractivity contribution in [1.82, 2.24) is 0 Å². The molecule has 2 unspecified atom stereocenters. The number of anilines is 2. The lowest BCUT2D eigenvalue weighted by Gasteiger charge is -2.37. The van der Waals surface area contributed by atoms with E-state index in [1.165, 1.54) is 39.2 Å². The molecule has 0 amide bonds. The van der Waals surface area contributed by atoms with Crippen LogP contribution in [0.25, 0.3) is 22.3 Å². The number of rotatable bonds is 1. The zero-order valence-electron chi connectivity index (χ0n) is 17.1. The van der Waals surface area contributed by atoms with Gasteiger partial charge in [-0.05, 0) is 55.2 Å². The SMILES string of the molecule is [B]C1(c2ccc3c(c2)-c2ccccc2-c2ccccc2N3C)C=C(C)CC(C)O1. The number of hydrogen-bond acceptors (Lipinski definition) is 2. The third-order valence-corrected chi connectivity index (χ3v) is 6.05. The third kappa shape index (κ3) is 2.92. The molecule has 5 rings (SSSR count). The summed E-state index contributed by atoms with van der Waals surface area (Å²) in [4.78, 5) is 2.27. The maximum Gasteiger partial charge on any atom is 0.126 e. The fourth-order valence-electron chi connectivity index (χ4n) is 4.80. The first-order chi connectivity index (χ1) is 14.0. The molecule has 2 aliphatic rings. The van der Waals surface area contributed by atoms with Gasteiger partial charge in [0.15, 0.2) is 0 Å². The molecule has 3 aromatic rings. The van der Waals surface area contributed by atoms with Gasteiger partial charge in [-0.25, -0.2) is 0 Å². The molecule has 2 heterocycles. The lowest BCUT2D eigenvalue weighted by atomic mass is 9.71. The lowest BCUT2D eigenvalue weighted by molar-refractivity contribution is -0.0160. The first-order valence-electron chi connectivity index (χ1n) is 10.2. The fraction of sp³-hybridized carbons (Fsp3) is 0.231. The lowest BCUT2D eigenvalue weighted by Crippen LogP contribution is -2.35. The minimum absolute atomic E-state index is 0.100. The fourth-order valence-corrected chi connectivity index (χ4v) is 4.80. The second-order valence-electron chi connectivity index (χ2n) is 8.27. The number of ether oxygens (including phenoxy) is 1. The van der Waals surface area contributed by atoms with E-state index >= 15 is 0 Å². The molecule has 0 saturated heterocycles. The van der Waals surface area contributed by atoms with Crippen LogP contribution in [-0.2, 0) is 10.2 Å². The van der Waals surface area contributed by atoms with E-state index < -0.39 is 5.50 Å². The van der Waals surface area contributed by atoms with Crippen molar-refractivity contribution in [3.63, 3.8) is 0 Å². The van der Waals surface area contributed by atoms with Gasteiger partial charge in [0.25, 0.3) is 0 Å². The molecule has 142 valence electrons. The minimum Gasteiger partial charge on any atom is -0.373 e. The van der Waals surface area contributed by atoms with Gasteiger partial charge in [-0.2, -0.15) is 0 Å². The second-order valence-corrected chi connectivity index (χ2v) is 8.27. The van der Waals surface area contributed by atoms with Crippen LogP contribution in [0.2, 0.25) is 0 Å². The molecular weight excluding hydrogens is 353 g/mol. The minimum atomic E-state index is -0.899. The van der Waals surface area contributed by atoms with Crippen molar-refractivity contribution >= 4 is 19.2 Å². The summed E-state index contributed by atoms with van der Waals surface area (Å²) >= 11 is 0. The largest absolute Gasteiger partial charge is 0.373 e. The van der Waals surface area contributed by atoms with Crippen LogP contribution < -0.4 is 4.90 Å². The van der Waals surface area contributed by atoms with Crippen LogP contribution >= 0.6 is 0 Å². The highest BCUT2D eigenvalue weighted by Gasteiger charge is 2.32. The Kier molecular flexibility index (Phi) is 4.18. The molecule has 2 aliphatic heterocycles. The highest BCUT2D eigenvalue weighted by molar-refractivity contribution is 6.16. The van der Waals surface area contributed by atoms with E-state index in [-0.39, 0.29) is 6.10 Å². The van der Waals surface area contributed by atoms with E-state index in [1.807, 2.05) is 0 Å². The number of benzene rings is 3. The predicted molar refractivity (Wildman–Crippen MR) is 122 cm³/mol. The molecule has 3 heteroatoms. The van der Waals surface area contributed by atoms with E-state index in [0.717, 1.165) is 12.0 Å². The summed E-state index contributed by atoms with van der Waals surface area (Å²) in [6.45, 7) is 4.21.